The fraction of sp³-hybridized carbons (Fsp3) is 0.227. The van der Waals surface area contributed by atoms with E-state index in [1.54, 1.807) is 4.68 Å². The molecular formula is C22H23N3O3. The summed E-state index contributed by atoms with van der Waals surface area (Å²) < 4.78 is 6.93. The van der Waals surface area contributed by atoms with Crippen molar-refractivity contribution in [1.29, 1.82) is 0 Å². The average Bonchev–Trinajstić information content (AvgIpc) is 3.16. The Bertz CT molecular complexity index is 947. The highest BCUT2D eigenvalue weighted by molar-refractivity contribution is 5.96. The third-order valence-electron chi connectivity index (χ3n) is 4.36. The molecule has 144 valence electrons. The first-order valence-electron chi connectivity index (χ1n) is 9.20. The number of nitrogens with zero attached hydrogens (tertiary/aromatic N) is 2. The lowest BCUT2D eigenvalue weighted by Gasteiger charge is -2.09. The minimum Gasteiger partial charge on any atom is -0.460 e. The smallest absolute Gasteiger partial charge is 0.325 e. The molecule has 1 amide bonds. The first-order valence-corrected chi connectivity index (χ1v) is 9.20. The van der Waals surface area contributed by atoms with Crippen LogP contribution in [0.4, 0.5) is 0 Å². The van der Waals surface area contributed by atoms with Gasteiger partial charge in [-0.05, 0) is 31.0 Å². The number of rotatable bonds is 7. The van der Waals surface area contributed by atoms with Crippen LogP contribution in [0.3, 0.4) is 0 Å². The van der Waals surface area contributed by atoms with Crippen molar-refractivity contribution in [3.63, 3.8) is 0 Å². The maximum absolute atomic E-state index is 12.5. The number of hydrogen-bond donors (Lipinski definition) is 1. The first kappa shape index (κ1) is 19.4. The predicted octanol–water partition coefficient (Wildman–Crippen LogP) is 3.22. The number of hydrogen-bond acceptors (Lipinski definition) is 4. The normalized spacial score (nSPS) is 10.5. The number of carbonyl (C=O) groups excluding carboxylic acids is 2. The van der Waals surface area contributed by atoms with Gasteiger partial charge in [-0.3, -0.25) is 9.59 Å². The Morgan fingerprint density at radius 2 is 1.79 bits per heavy atom. The molecule has 1 heterocycles. The molecule has 6 heteroatoms. The number of nitrogens with one attached hydrogen (secondary N) is 1. The quantitative estimate of drug-likeness (QED) is 0.642. The standard InChI is InChI=1S/C22H23N3O3/c1-3-20-19(13-24-25(20)18-11-9-16(2)10-12-18)22(27)23-14-21(26)28-15-17-7-5-4-6-8-17/h4-13H,3,14-15H2,1-2H3,(H,23,27). The van der Waals surface area contributed by atoms with E-state index in [1.165, 1.54) is 6.20 Å². The van der Waals surface area contributed by atoms with E-state index in [0.717, 1.165) is 22.5 Å². The van der Waals surface area contributed by atoms with Crippen LogP contribution in [0.5, 0.6) is 0 Å². The molecule has 1 aromatic heterocycles. The van der Waals surface area contributed by atoms with Crippen LogP contribution in [0.2, 0.25) is 0 Å². The Balaban J connectivity index is 1.61. The molecule has 0 unspecified atom stereocenters. The maximum atomic E-state index is 12.5. The lowest BCUT2D eigenvalue weighted by Crippen LogP contribution is -2.31. The van der Waals surface area contributed by atoms with Crippen LogP contribution >= 0.6 is 0 Å². The molecule has 0 atom stereocenters. The van der Waals surface area contributed by atoms with Crippen molar-refractivity contribution in [2.45, 2.75) is 26.9 Å². The second-order valence-corrected chi connectivity index (χ2v) is 6.43. The van der Waals surface area contributed by atoms with Crippen LogP contribution in [0.1, 0.15) is 34.1 Å². The van der Waals surface area contributed by atoms with Gasteiger partial charge in [0.2, 0.25) is 0 Å². The van der Waals surface area contributed by atoms with Crippen molar-refractivity contribution in [2.24, 2.45) is 0 Å². The van der Waals surface area contributed by atoms with Gasteiger partial charge in [0.15, 0.2) is 0 Å². The van der Waals surface area contributed by atoms with Crippen LogP contribution in [-0.4, -0.2) is 28.2 Å². The monoisotopic (exact) mass is 377 g/mol. The molecule has 1 N–H and O–H groups in total. The highest BCUT2D eigenvalue weighted by Crippen LogP contribution is 2.16. The highest BCUT2D eigenvalue weighted by atomic mass is 16.5. The van der Waals surface area contributed by atoms with Crippen molar-refractivity contribution in [3.8, 4) is 5.69 Å². The second-order valence-electron chi connectivity index (χ2n) is 6.43. The number of carbonyl (C=O) groups is 2. The third kappa shape index (κ3) is 4.65. The van der Waals surface area contributed by atoms with Gasteiger partial charge < -0.3 is 10.1 Å². The van der Waals surface area contributed by atoms with E-state index >= 15 is 0 Å². The van der Waals surface area contributed by atoms with E-state index in [9.17, 15) is 9.59 Å². The Morgan fingerprint density at radius 3 is 2.46 bits per heavy atom. The van der Waals surface area contributed by atoms with E-state index in [0.29, 0.717) is 12.0 Å². The minimum absolute atomic E-state index is 0.182. The van der Waals surface area contributed by atoms with Gasteiger partial charge in [0.25, 0.3) is 5.91 Å². The highest BCUT2D eigenvalue weighted by Gasteiger charge is 2.18. The fourth-order valence-corrected chi connectivity index (χ4v) is 2.85. The van der Waals surface area contributed by atoms with Gasteiger partial charge in [-0.25, -0.2) is 4.68 Å². The SMILES string of the molecule is CCc1c(C(=O)NCC(=O)OCc2ccccc2)cnn1-c1ccc(C)cc1. The van der Waals surface area contributed by atoms with E-state index in [4.69, 9.17) is 4.74 Å². The first-order chi connectivity index (χ1) is 13.6. The van der Waals surface area contributed by atoms with Gasteiger partial charge >= 0.3 is 5.97 Å². The summed E-state index contributed by atoms with van der Waals surface area (Å²) in [6.45, 7) is 3.97. The van der Waals surface area contributed by atoms with Gasteiger partial charge in [0.1, 0.15) is 13.2 Å². The zero-order valence-electron chi connectivity index (χ0n) is 16.0. The van der Waals surface area contributed by atoms with Gasteiger partial charge in [0, 0.05) is 0 Å². The average molecular weight is 377 g/mol. The maximum Gasteiger partial charge on any atom is 0.325 e. The lowest BCUT2D eigenvalue weighted by atomic mass is 10.1. The van der Waals surface area contributed by atoms with Crippen LogP contribution < -0.4 is 5.32 Å². The summed E-state index contributed by atoms with van der Waals surface area (Å²) in [5.41, 5.74) is 4.19. The van der Waals surface area contributed by atoms with Gasteiger partial charge in [-0.15, -0.1) is 0 Å². The van der Waals surface area contributed by atoms with Crippen LogP contribution in [-0.2, 0) is 22.6 Å². The molecule has 0 spiro atoms. The van der Waals surface area contributed by atoms with Crippen molar-refractivity contribution >= 4 is 11.9 Å². The number of aromatic nitrogens is 2. The van der Waals surface area contributed by atoms with E-state index < -0.39 is 5.97 Å². The zero-order valence-corrected chi connectivity index (χ0v) is 16.0. The van der Waals surface area contributed by atoms with Crippen LogP contribution in [0.15, 0.2) is 60.8 Å². The summed E-state index contributed by atoms with van der Waals surface area (Å²) in [6, 6.07) is 17.3. The van der Waals surface area contributed by atoms with E-state index in [1.807, 2.05) is 68.4 Å². The van der Waals surface area contributed by atoms with Crippen molar-refractivity contribution < 1.29 is 14.3 Å². The molecule has 0 aliphatic carbocycles. The van der Waals surface area contributed by atoms with E-state index in [2.05, 4.69) is 10.4 Å². The Hall–Kier alpha value is -3.41. The molecule has 0 saturated heterocycles. The van der Waals surface area contributed by atoms with Gasteiger partial charge in [0.05, 0.1) is 23.1 Å². The second kappa shape index (κ2) is 8.99. The van der Waals surface area contributed by atoms with Crippen molar-refractivity contribution in [2.75, 3.05) is 6.54 Å². The Labute approximate surface area is 164 Å². The molecule has 3 rings (SSSR count). The number of amides is 1. The number of aryl methyl sites for hydroxylation is 1. The van der Waals surface area contributed by atoms with Crippen molar-refractivity contribution in [1.82, 2.24) is 15.1 Å². The summed E-state index contributed by atoms with van der Waals surface area (Å²) in [7, 11) is 0. The molecule has 0 aliphatic rings. The summed E-state index contributed by atoms with van der Waals surface area (Å²) in [6.07, 6.45) is 2.17. The molecule has 0 saturated carbocycles. The Morgan fingerprint density at radius 1 is 1.07 bits per heavy atom. The minimum atomic E-state index is -0.485. The zero-order chi connectivity index (χ0) is 19.9. The molecule has 2 aromatic carbocycles. The predicted molar refractivity (Wildman–Crippen MR) is 106 cm³/mol. The van der Waals surface area contributed by atoms with Crippen molar-refractivity contribution in [3.05, 3.63) is 83.2 Å². The molecular weight excluding hydrogens is 354 g/mol. The molecule has 6 nitrogen and oxygen atoms in total. The largest absolute Gasteiger partial charge is 0.460 e. The molecule has 3 aromatic rings. The fourth-order valence-electron chi connectivity index (χ4n) is 2.85. The number of esters is 1. The third-order valence-corrected chi connectivity index (χ3v) is 4.36. The topological polar surface area (TPSA) is 73.2 Å². The molecule has 0 aliphatic heterocycles. The van der Waals surface area contributed by atoms with Gasteiger partial charge in [-0.1, -0.05) is 55.0 Å². The van der Waals surface area contributed by atoms with Crippen LogP contribution in [0.25, 0.3) is 5.69 Å². The van der Waals surface area contributed by atoms with Gasteiger partial charge in [-0.2, -0.15) is 5.10 Å². The Kier molecular flexibility index (Phi) is 6.22. The molecule has 28 heavy (non-hydrogen) atoms. The molecule has 0 bridgehead atoms. The van der Waals surface area contributed by atoms with E-state index in [-0.39, 0.29) is 19.1 Å². The summed E-state index contributed by atoms with van der Waals surface area (Å²) >= 11 is 0. The number of ether oxygens (including phenoxy) is 1. The molecule has 0 fully saturated rings. The van der Waals surface area contributed by atoms with Crippen LogP contribution in [0, 0.1) is 6.92 Å². The molecule has 0 radical (unpaired) electrons. The number of benzene rings is 2. The summed E-state index contributed by atoms with van der Waals surface area (Å²) in [5.74, 6) is -0.826. The summed E-state index contributed by atoms with van der Waals surface area (Å²) in [4.78, 5) is 24.4. The summed E-state index contributed by atoms with van der Waals surface area (Å²) in [5, 5.41) is 6.97. The lowest BCUT2D eigenvalue weighted by molar-refractivity contribution is -0.143.